The summed E-state index contributed by atoms with van der Waals surface area (Å²) in [5, 5.41) is 3.25. The molecule has 0 aliphatic carbocycles. The summed E-state index contributed by atoms with van der Waals surface area (Å²) in [4.78, 5) is 0.426. The van der Waals surface area contributed by atoms with Crippen molar-refractivity contribution in [3.8, 4) is 0 Å². The fourth-order valence-electron chi connectivity index (χ4n) is 3.10. The van der Waals surface area contributed by atoms with E-state index in [9.17, 15) is 8.42 Å². The van der Waals surface area contributed by atoms with E-state index >= 15 is 0 Å². The van der Waals surface area contributed by atoms with Crippen molar-refractivity contribution < 1.29 is 8.42 Å². The Bertz CT molecular complexity index is 610. The van der Waals surface area contributed by atoms with Crippen LogP contribution in [0.1, 0.15) is 25.8 Å². The maximum Gasteiger partial charge on any atom is 0.243 e. The van der Waals surface area contributed by atoms with Crippen LogP contribution < -0.4 is 5.32 Å². The smallest absolute Gasteiger partial charge is 0.243 e. The molecule has 1 N–H and O–H groups in total. The van der Waals surface area contributed by atoms with Crippen LogP contribution in [-0.2, 0) is 16.4 Å². The highest BCUT2D eigenvalue weighted by molar-refractivity contribution is 7.89. The molecule has 3 rings (SSSR count). The van der Waals surface area contributed by atoms with Crippen LogP contribution in [0.4, 0.5) is 5.69 Å². The second-order valence-corrected chi connectivity index (χ2v) is 8.09. The minimum atomic E-state index is -3.33. The lowest BCUT2D eigenvalue weighted by Crippen LogP contribution is -2.29. The molecule has 1 aromatic rings. The molecule has 1 fully saturated rings. The molecule has 0 spiro atoms. The molecule has 110 valence electrons. The highest BCUT2D eigenvalue weighted by atomic mass is 32.2. The van der Waals surface area contributed by atoms with Gasteiger partial charge in [0, 0.05) is 25.3 Å². The Morgan fingerprint density at radius 1 is 1.35 bits per heavy atom. The number of nitrogens with one attached hydrogen (secondary N) is 1. The predicted molar refractivity (Wildman–Crippen MR) is 80.3 cm³/mol. The summed E-state index contributed by atoms with van der Waals surface area (Å²) in [6.07, 6.45) is 1.95. The maximum atomic E-state index is 12.7. The molecular formula is C15H22N2O2S. The van der Waals surface area contributed by atoms with Crippen LogP contribution in [-0.4, -0.2) is 32.4 Å². The van der Waals surface area contributed by atoms with E-state index in [1.54, 1.807) is 16.4 Å². The van der Waals surface area contributed by atoms with Gasteiger partial charge in [0.05, 0.1) is 4.90 Å². The molecule has 0 amide bonds. The molecule has 1 aromatic carbocycles. The summed E-state index contributed by atoms with van der Waals surface area (Å²) in [6, 6.07) is 5.49. The van der Waals surface area contributed by atoms with Crippen molar-refractivity contribution in [1.29, 1.82) is 0 Å². The zero-order chi connectivity index (χ0) is 14.3. The molecule has 2 heterocycles. The highest BCUT2D eigenvalue weighted by Crippen LogP contribution is 2.31. The molecule has 0 radical (unpaired) electrons. The number of rotatable bonds is 3. The van der Waals surface area contributed by atoms with Crippen molar-refractivity contribution >= 4 is 15.7 Å². The summed E-state index contributed by atoms with van der Waals surface area (Å²) >= 11 is 0. The molecule has 4 nitrogen and oxygen atoms in total. The number of benzene rings is 1. The molecule has 1 atom stereocenters. The summed E-state index contributed by atoms with van der Waals surface area (Å²) in [6.45, 7) is 6.54. The third-order valence-corrected chi connectivity index (χ3v) is 6.42. The lowest BCUT2D eigenvalue weighted by Gasteiger charge is -2.18. The SMILES string of the molecule is CC(C)C1CCN(S(=O)(=O)c2ccc3c(c2)NCC3)C1. The van der Waals surface area contributed by atoms with Crippen molar-refractivity contribution in [3.05, 3.63) is 23.8 Å². The van der Waals surface area contributed by atoms with Gasteiger partial charge < -0.3 is 5.32 Å². The van der Waals surface area contributed by atoms with Crippen LogP contribution >= 0.6 is 0 Å². The van der Waals surface area contributed by atoms with Gasteiger partial charge in [-0.3, -0.25) is 0 Å². The molecule has 20 heavy (non-hydrogen) atoms. The normalized spacial score (nSPS) is 23.1. The number of anilines is 1. The fraction of sp³-hybridized carbons (Fsp3) is 0.600. The fourth-order valence-corrected chi connectivity index (χ4v) is 4.63. The molecular weight excluding hydrogens is 272 g/mol. The Hall–Kier alpha value is -1.07. The van der Waals surface area contributed by atoms with Crippen LogP contribution in [0.15, 0.2) is 23.1 Å². The van der Waals surface area contributed by atoms with Gasteiger partial charge in [0.25, 0.3) is 0 Å². The van der Waals surface area contributed by atoms with Gasteiger partial charge in [0.2, 0.25) is 10.0 Å². The zero-order valence-corrected chi connectivity index (χ0v) is 12.9. The van der Waals surface area contributed by atoms with Crippen LogP contribution in [0.25, 0.3) is 0 Å². The quantitative estimate of drug-likeness (QED) is 0.931. The number of fused-ring (bicyclic) bond motifs is 1. The molecule has 2 aliphatic rings. The van der Waals surface area contributed by atoms with Gasteiger partial charge in [-0.25, -0.2) is 8.42 Å². The molecule has 0 bridgehead atoms. The van der Waals surface area contributed by atoms with E-state index < -0.39 is 10.0 Å². The molecule has 1 saturated heterocycles. The standard InChI is InChI=1S/C15H22N2O2S/c1-11(2)13-6-8-17(10-13)20(18,19)14-4-3-12-5-7-16-15(12)9-14/h3-4,9,11,13,16H,5-8,10H2,1-2H3. The Balaban J connectivity index is 1.86. The van der Waals surface area contributed by atoms with Crippen molar-refractivity contribution in [3.63, 3.8) is 0 Å². The average molecular weight is 294 g/mol. The predicted octanol–water partition coefficient (Wildman–Crippen LogP) is 2.32. The zero-order valence-electron chi connectivity index (χ0n) is 12.1. The first kappa shape index (κ1) is 13.9. The van der Waals surface area contributed by atoms with Gasteiger partial charge in [-0.15, -0.1) is 0 Å². The van der Waals surface area contributed by atoms with E-state index in [1.807, 2.05) is 6.07 Å². The van der Waals surface area contributed by atoms with Gasteiger partial charge in [0.1, 0.15) is 0 Å². The summed E-state index contributed by atoms with van der Waals surface area (Å²) in [5.41, 5.74) is 2.19. The van der Waals surface area contributed by atoms with E-state index in [1.165, 1.54) is 5.56 Å². The summed E-state index contributed by atoms with van der Waals surface area (Å²) in [5.74, 6) is 1.02. The molecule has 5 heteroatoms. The second kappa shape index (κ2) is 5.04. The number of hydrogen-bond donors (Lipinski definition) is 1. The first-order valence-corrected chi connectivity index (χ1v) is 8.79. The maximum absolute atomic E-state index is 12.7. The Morgan fingerprint density at radius 3 is 2.85 bits per heavy atom. The molecule has 2 aliphatic heterocycles. The minimum Gasteiger partial charge on any atom is -0.384 e. The third-order valence-electron chi connectivity index (χ3n) is 4.56. The second-order valence-electron chi connectivity index (χ2n) is 6.15. The summed E-state index contributed by atoms with van der Waals surface area (Å²) < 4.78 is 27.0. The first-order chi connectivity index (χ1) is 9.48. The monoisotopic (exact) mass is 294 g/mol. The number of nitrogens with zero attached hydrogens (tertiary/aromatic N) is 1. The minimum absolute atomic E-state index is 0.426. The number of sulfonamides is 1. The van der Waals surface area contributed by atoms with E-state index in [2.05, 4.69) is 19.2 Å². The third kappa shape index (κ3) is 2.33. The first-order valence-electron chi connectivity index (χ1n) is 7.35. The van der Waals surface area contributed by atoms with Crippen LogP contribution in [0.5, 0.6) is 0 Å². The highest BCUT2D eigenvalue weighted by Gasteiger charge is 2.34. The lowest BCUT2D eigenvalue weighted by atomic mass is 9.96. The van der Waals surface area contributed by atoms with E-state index in [4.69, 9.17) is 0 Å². The largest absolute Gasteiger partial charge is 0.384 e. The Kier molecular flexibility index (Phi) is 3.50. The van der Waals surface area contributed by atoms with Gasteiger partial charge >= 0.3 is 0 Å². The van der Waals surface area contributed by atoms with Crippen molar-refractivity contribution in [1.82, 2.24) is 4.31 Å². The summed E-state index contributed by atoms with van der Waals surface area (Å²) in [7, 11) is -3.33. The molecule has 0 aromatic heterocycles. The van der Waals surface area contributed by atoms with Crippen molar-refractivity contribution in [2.24, 2.45) is 11.8 Å². The van der Waals surface area contributed by atoms with Crippen LogP contribution in [0.3, 0.4) is 0 Å². The van der Waals surface area contributed by atoms with Gasteiger partial charge in [-0.2, -0.15) is 4.31 Å². The topological polar surface area (TPSA) is 49.4 Å². The van der Waals surface area contributed by atoms with Crippen molar-refractivity contribution in [2.45, 2.75) is 31.6 Å². The van der Waals surface area contributed by atoms with Crippen LogP contribution in [0.2, 0.25) is 0 Å². The van der Waals surface area contributed by atoms with Gasteiger partial charge in [0.15, 0.2) is 0 Å². The number of hydrogen-bond acceptors (Lipinski definition) is 3. The van der Waals surface area contributed by atoms with E-state index in [-0.39, 0.29) is 0 Å². The van der Waals surface area contributed by atoms with Crippen LogP contribution in [0, 0.1) is 11.8 Å². The lowest BCUT2D eigenvalue weighted by molar-refractivity contribution is 0.388. The van der Waals surface area contributed by atoms with Gasteiger partial charge in [-0.1, -0.05) is 19.9 Å². The van der Waals surface area contributed by atoms with E-state index in [0.29, 0.717) is 29.8 Å². The van der Waals surface area contributed by atoms with Crippen molar-refractivity contribution in [2.75, 3.05) is 25.0 Å². The van der Waals surface area contributed by atoms with Gasteiger partial charge in [-0.05, 0) is 42.4 Å². The average Bonchev–Trinajstić information content (AvgIpc) is 3.07. The molecule has 1 unspecified atom stereocenters. The Morgan fingerprint density at radius 2 is 2.15 bits per heavy atom. The molecule has 0 saturated carbocycles. The Labute approximate surface area is 121 Å². The van der Waals surface area contributed by atoms with E-state index in [0.717, 1.165) is 25.1 Å².